The van der Waals surface area contributed by atoms with E-state index in [1.165, 1.54) is 29.7 Å². The number of nitrogens with one attached hydrogen (secondary N) is 2. The molecule has 82 valence electrons. The van der Waals surface area contributed by atoms with Crippen LogP contribution in [0.4, 0.5) is 5.69 Å². The van der Waals surface area contributed by atoms with Gasteiger partial charge in [-0.25, -0.2) is 0 Å². The zero-order valence-corrected chi connectivity index (χ0v) is 9.64. The summed E-state index contributed by atoms with van der Waals surface area (Å²) in [6.07, 6.45) is 2.73. The summed E-state index contributed by atoms with van der Waals surface area (Å²) in [6, 6.07) is 7.35. The SMILES string of the molecule is Cc1ccc(NCCNC2CC2)c(C)c1. The first kappa shape index (κ1) is 10.5. The molecule has 2 heteroatoms. The molecule has 2 nitrogen and oxygen atoms in total. The van der Waals surface area contributed by atoms with Crippen LogP contribution in [0.5, 0.6) is 0 Å². The first-order valence-corrected chi connectivity index (χ1v) is 5.80. The summed E-state index contributed by atoms with van der Waals surface area (Å²) in [5.41, 5.74) is 3.92. The third kappa shape index (κ3) is 3.24. The molecule has 1 fully saturated rings. The molecule has 0 bridgehead atoms. The lowest BCUT2D eigenvalue weighted by Gasteiger charge is -2.10. The van der Waals surface area contributed by atoms with E-state index in [1.54, 1.807) is 0 Å². The third-order valence-electron chi connectivity index (χ3n) is 2.83. The van der Waals surface area contributed by atoms with E-state index in [2.05, 4.69) is 42.7 Å². The normalized spacial score (nSPS) is 15.3. The van der Waals surface area contributed by atoms with Crippen molar-refractivity contribution in [2.45, 2.75) is 32.7 Å². The maximum Gasteiger partial charge on any atom is 0.0370 e. The van der Waals surface area contributed by atoms with Crippen LogP contribution >= 0.6 is 0 Å². The Kier molecular flexibility index (Phi) is 3.27. The number of hydrogen-bond donors (Lipinski definition) is 2. The molecular weight excluding hydrogens is 184 g/mol. The Morgan fingerprint density at radius 2 is 2.00 bits per heavy atom. The summed E-state index contributed by atoms with van der Waals surface area (Å²) in [6.45, 7) is 6.37. The number of hydrogen-bond acceptors (Lipinski definition) is 2. The molecule has 0 radical (unpaired) electrons. The largest absolute Gasteiger partial charge is 0.384 e. The van der Waals surface area contributed by atoms with Gasteiger partial charge in [0.1, 0.15) is 0 Å². The molecular formula is C13H20N2. The quantitative estimate of drug-likeness (QED) is 0.720. The van der Waals surface area contributed by atoms with E-state index < -0.39 is 0 Å². The average Bonchev–Trinajstić information content (AvgIpc) is 2.99. The Morgan fingerprint density at radius 3 is 2.67 bits per heavy atom. The van der Waals surface area contributed by atoms with Crippen molar-refractivity contribution in [1.82, 2.24) is 5.32 Å². The van der Waals surface area contributed by atoms with Crippen LogP contribution in [0.25, 0.3) is 0 Å². The van der Waals surface area contributed by atoms with Crippen LogP contribution in [0.3, 0.4) is 0 Å². The summed E-state index contributed by atoms with van der Waals surface area (Å²) in [7, 11) is 0. The van der Waals surface area contributed by atoms with E-state index in [-0.39, 0.29) is 0 Å². The fraction of sp³-hybridized carbons (Fsp3) is 0.538. The molecule has 15 heavy (non-hydrogen) atoms. The van der Waals surface area contributed by atoms with Crippen LogP contribution in [-0.4, -0.2) is 19.1 Å². The summed E-state index contributed by atoms with van der Waals surface area (Å²) in [4.78, 5) is 0. The van der Waals surface area contributed by atoms with Gasteiger partial charge >= 0.3 is 0 Å². The van der Waals surface area contributed by atoms with E-state index in [9.17, 15) is 0 Å². The van der Waals surface area contributed by atoms with E-state index in [0.717, 1.165) is 19.1 Å². The summed E-state index contributed by atoms with van der Waals surface area (Å²) in [5, 5.41) is 6.96. The minimum absolute atomic E-state index is 0.811. The molecule has 0 atom stereocenters. The van der Waals surface area contributed by atoms with Gasteiger partial charge in [-0.15, -0.1) is 0 Å². The molecule has 0 aliphatic heterocycles. The highest BCUT2D eigenvalue weighted by Crippen LogP contribution is 2.18. The fourth-order valence-corrected chi connectivity index (χ4v) is 1.77. The molecule has 0 amide bonds. The molecule has 2 N–H and O–H groups in total. The van der Waals surface area contributed by atoms with Crippen LogP contribution < -0.4 is 10.6 Å². The highest BCUT2D eigenvalue weighted by atomic mass is 15.0. The fourth-order valence-electron chi connectivity index (χ4n) is 1.77. The zero-order valence-electron chi connectivity index (χ0n) is 9.64. The predicted octanol–water partition coefficient (Wildman–Crippen LogP) is 2.47. The van der Waals surface area contributed by atoms with Crippen molar-refractivity contribution in [1.29, 1.82) is 0 Å². The minimum atomic E-state index is 0.811. The monoisotopic (exact) mass is 204 g/mol. The van der Waals surface area contributed by atoms with Gasteiger partial charge < -0.3 is 10.6 Å². The van der Waals surface area contributed by atoms with Gasteiger partial charge in [-0.3, -0.25) is 0 Å². The predicted molar refractivity (Wildman–Crippen MR) is 65.4 cm³/mol. The molecule has 0 spiro atoms. The molecule has 1 saturated carbocycles. The van der Waals surface area contributed by atoms with Gasteiger partial charge in [0.05, 0.1) is 0 Å². The van der Waals surface area contributed by atoms with Crippen LogP contribution in [0.15, 0.2) is 18.2 Å². The van der Waals surface area contributed by atoms with Crippen molar-refractivity contribution >= 4 is 5.69 Å². The van der Waals surface area contributed by atoms with Gasteiger partial charge in [0.25, 0.3) is 0 Å². The van der Waals surface area contributed by atoms with Crippen LogP contribution in [-0.2, 0) is 0 Å². The Bertz CT molecular complexity index is 329. The maximum atomic E-state index is 3.50. The van der Waals surface area contributed by atoms with E-state index in [1.807, 2.05) is 0 Å². The number of aryl methyl sites for hydroxylation is 2. The van der Waals surface area contributed by atoms with Gasteiger partial charge in [0, 0.05) is 24.8 Å². The van der Waals surface area contributed by atoms with Gasteiger partial charge in [-0.1, -0.05) is 17.7 Å². The molecule has 0 aromatic heterocycles. The van der Waals surface area contributed by atoms with Gasteiger partial charge in [-0.05, 0) is 38.3 Å². The highest BCUT2D eigenvalue weighted by molar-refractivity contribution is 5.51. The molecule has 0 unspecified atom stereocenters. The Hall–Kier alpha value is -1.02. The molecule has 1 aromatic carbocycles. The lowest BCUT2D eigenvalue weighted by atomic mass is 10.1. The van der Waals surface area contributed by atoms with Gasteiger partial charge in [-0.2, -0.15) is 0 Å². The second kappa shape index (κ2) is 4.67. The standard InChI is InChI=1S/C13H20N2/c1-10-3-6-13(11(2)9-10)15-8-7-14-12-4-5-12/h3,6,9,12,14-15H,4-5,7-8H2,1-2H3. The topological polar surface area (TPSA) is 24.1 Å². The van der Waals surface area contributed by atoms with Crippen molar-refractivity contribution in [2.75, 3.05) is 18.4 Å². The van der Waals surface area contributed by atoms with E-state index >= 15 is 0 Å². The summed E-state index contributed by atoms with van der Waals surface area (Å²) < 4.78 is 0. The van der Waals surface area contributed by atoms with E-state index in [0.29, 0.717) is 0 Å². The minimum Gasteiger partial charge on any atom is -0.384 e. The van der Waals surface area contributed by atoms with Crippen molar-refractivity contribution in [3.8, 4) is 0 Å². The van der Waals surface area contributed by atoms with E-state index in [4.69, 9.17) is 0 Å². The van der Waals surface area contributed by atoms with Crippen LogP contribution in [0, 0.1) is 13.8 Å². The Labute approximate surface area is 92.1 Å². The lowest BCUT2D eigenvalue weighted by molar-refractivity contribution is 0.701. The number of benzene rings is 1. The second-order valence-electron chi connectivity index (χ2n) is 4.47. The summed E-state index contributed by atoms with van der Waals surface area (Å²) in [5.74, 6) is 0. The zero-order chi connectivity index (χ0) is 10.7. The summed E-state index contributed by atoms with van der Waals surface area (Å²) >= 11 is 0. The number of anilines is 1. The molecule has 2 rings (SSSR count). The first-order valence-electron chi connectivity index (χ1n) is 5.80. The molecule has 0 saturated heterocycles. The molecule has 1 aliphatic carbocycles. The maximum absolute atomic E-state index is 3.50. The van der Waals surface area contributed by atoms with Crippen LogP contribution in [0.2, 0.25) is 0 Å². The Balaban J connectivity index is 1.76. The number of rotatable bonds is 5. The highest BCUT2D eigenvalue weighted by Gasteiger charge is 2.19. The average molecular weight is 204 g/mol. The molecule has 0 heterocycles. The Morgan fingerprint density at radius 1 is 1.20 bits per heavy atom. The van der Waals surface area contributed by atoms with Crippen LogP contribution in [0.1, 0.15) is 24.0 Å². The molecule has 1 aromatic rings. The van der Waals surface area contributed by atoms with Crippen molar-refractivity contribution < 1.29 is 0 Å². The third-order valence-corrected chi connectivity index (χ3v) is 2.83. The second-order valence-corrected chi connectivity index (χ2v) is 4.47. The van der Waals surface area contributed by atoms with Gasteiger partial charge in [0.15, 0.2) is 0 Å². The molecule has 1 aliphatic rings. The van der Waals surface area contributed by atoms with Gasteiger partial charge in [0.2, 0.25) is 0 Å². The lowest BCUT2D eigenvalue weighted by Crippen LogP contribution is -2.24. The van der Waals surface area contributed by atoms with Crippen molar-refractivity contribution in [3.63, 3.8) is 0 Å². The van der Waals surface area contributed by atoms with Crippen molar-refractivity contribution in [2.24, 2.45) is 0 Å². The van der Waals surface area contributed by atoms with Crippen molar-refractivity contribution in [3.05, 3.63) is 29.3 Å². The first-order chi connectivity index (χ1) is 7.25. The smallest absolute Gasteiger partial charge is 0.0370 e.